The molecule has 2 rings (SSSR count). The predicted octanol–water partition coefficient (Wildman–Crippen LogP) is 4.00. The molecule has 0 spiro atoms. The van der Waals surface area contributed by atoms with Gasteiger partial charge in [-0.15, -0.1) is 0 Å². The van der Waals surface area contributed by atoms with Crippen molar-refractivity contribution in [3.05, 3.63) is 63.7 Å². The van der Waals surface area contributed by atoms with E-state index in [0.29, 0.717) is 17.8 Å². The maximum absolute atomic E-state index is 12.9. The zero-order valence-corrected chi connectivity index (χ0v) is 11.8. The molecule has 0 aliphatic heterocycles. The van der Waals surface area contributed by atoms with Crippen LogP contribution in [0.15, 0.2) is 36.5 Å². The SMILES string of the molecule is CCC(Nc1cc(C)ccc1[N+](=O)[O-])c1ccc(F)cn1. The number of nitro benzene ring substituents is 1. The molecule has 0 saturated carbocycles. The van der Waals surface area contributed by atoms with Crippen LogP contribution in [-0.2, 0) is 0 Å². The Hall–Kier alpha value is -2.50. The molecule has 0 aliphatic carbocycles. The molecular weight excluding hydrogens is 273 g/mol. The molecule has 5 nitrogen and oxygen atoms in total. The van der Waals surface area contributed by atoms with E-state index in [2.05, 4.69) is 10.3 Å². The van der Waals surface area contributed by atoms with E-state index in [0.717, 1.165) is 11.8 Å². The molecule has 0 aliphatic rings. The predicted molar refractivity (Wildman–Crippen MR) is 78.7 cm³/mol. The van der Waals surface area contributed by atoms with E-state index < -0.39 is 10.7 Å². The number of aryl methyl sites for hydroxylation is 1. The minimum atomic E-state index is -0.424. The molecule has 1 aromatic heterocycles. The van der Waals surface area contributed by atoms with Gasteiger partial charge in [0.15, 0.2) is 0 Å². The maximum atomic E-state index is 12.9. The van der Waals surface area contributed by atoms with E-state index in [1.165, 1.54) is 12.1 Å². The monoisotopic (exact) mass is 289 g/mol. The first kappa shape index (κ1) is 14.9. The van der Waals surface area contributed by atoms with Gasteiger partial charge >= 0.3 is 0 Å². The average Bonchev–Trinajstić information content (AvgIpc) is 2.45. The van der Waals surface area contributed by atoms with Crippen molar-refractivity contribution >= 4 is 11.4 Å². The van der Waals surface area contributed by atoms with Gasteiger partial charge in [0.05, 0.1) is 22.9 Å². The largest absolute Gasteiger partial charge is 0.371 e. The number of anilines is 1. The summed E-state index contributed by atoms with van der Waals surface area (Å²) in [5.41, 5.74) is 2.03. The number of benzene rings is 1. The summed E-state index contributed by atoms with van der Waals surface area (Å²) in [5, 5.41) is 14.2. The third-order valence-corrected chi connectivity index (χ3v) is 3.19. The van der Waals surface area contributed by atoms with Crippen LogP contribution >= 0.6 is 0 Å². The van der Waals surface area contributed by atoms with Crippen LogP contribution in [0.1, 0.15) is 30.6 Å². The third kappa shape index (κ3) is 3.53. The fourth-order valence-corrected chi connectivity index (χ4v) is 2.09. The minimum absolute atomic E-state index is 0.0150. The molecule has 110 valence electrons. The lowest BCUT2D eigenvalue weighted by Gasteiger charge is -2.18. The van der Waals surface area contributed by atoms with Crippen molar-refractivity contribution in [1.82, 2.24) is 4.98 Å². The molecule has 1 N–H and O–H groups in total. The molecule has 1 unspecified atom stereocenters. The Morgan fingerprint density at radius 1 is 1.38 bits per heavy atom. The van der Waals surface area contributed by atoms with Crippen molar-refractivity contribution in [3.8, 4) is 0 Å². The summed E-state index contributed by atoms with van der Waals surface area (Å²) in [7, 11) is 0. The standard InChI is InChI=1S/C15H16FN3O2/c1-3-12(13-6-5-11(16)9-17-13)18-14-8-10(2)4-7-15(14)19(20)21/h4-9,12,18H,3H2,1-2H3. The molecule has 0 saturated heterocycles. The van der Waals surface area contributed by atoms with E-state index in [1.54, 1.807) is 18.2 Å². The van der Waals surface area contributed by atoms with E-state index in [4.69, 9.17) is 0 Å². The summed E-state index contributed by atoms with van der Waals surface area (Å²) >= 11 is 0. The van der Waals surface area contributed by atoms with Gasteiger partial charge in [-0.25, -0.2) is 4.39 Å². The zero-order chi connectivity index (χ0) is 15.4. The van der Waals surface area contributed by atoms with E-state index >= 15 is 0 Å². The number of rotatable bonds is 5. The lowest BCUT2D eigenvalue weighted by molar-refractivity contribution is -0.384. The highest BCUT2D eigenvalue weighted by Gasteiger charge is 2.18. The first-order chi connectivity index (χ1) is 10.0. The van der Waals surface area contributed by atoms with Crippen LogP contribution in [0.25, 0.3) is 0 Å². The van der Waals surface area contributed by atoms with Gasteiger partial charge in [0.1, 0.15) is 11.5 Å². The molecule has 0 fully saturated rings. The molecule has 2 aromatic rings. The average molecular weight is 289 g/mol. The Labute approximate surface area is 122 Å². The highest BCUT2D eigenvalue weighted by Crippen LogP contribution is 2.29. The molecule has 6 heteroatoms. The third-order valence-electron chi connectivity index (χ3n) is 3.19. The van der Waals surface area contributed by atoms with Crippen LogP contribution in [0, 0.1) is 22.9 Å². The van der Waals surface area contributed by atoms with E-state index in [-0.39, 0.29) is 11.7 Å². The van der Waals surface area contributed by atoms with Crippen molar-refractivity contribution in [2.45, 2.75) is 26.3 Å². The number of nitrogens with one attached hydrogen (secondary N) is 1. The second-order valence-corrected chi connectivity index (χ2v) is 4.78. The number of halogens is 1. The lowest BCUT2D eigenvalue weighted by Crippen LogP contribution is -2.12. The van der Waals surface area contributed by atoms with Crippen LogP contribution in [0.2, 0.25) is 0 Å². The highest BCUT2D eigenvalue weighted by atomic mass is 19.1. The number of pyridine rings is 1. The summed E-state index contributed by atoms with van der Waals surface area (Å²) in [4.78, 5) is 14.7. The number of aromatic nitrogens is 1. The van der Waals surface area contributed by atoms with Crippen molar-refractivity contribution in [2.75, 3.05) is 5.32 Å². The lowest BCUT2D eigenvalue weighted by atomic mass is 10.1. The minimum Gasteiger partial charge on any atom is -0.371 e. The van der Waals surface area contributed by atoms with Crippen molar-refractivity contribution in [3.63, 3.8) is 0 Å². The summed E-state index contributed by atoms with van der Waals surface area (Å²) in [6, 6.07) is 7.59. The van der Waals surface area contributed by atoms with Gasteiger partial charge in [-0.1, -0.05) is 13.0 Å². The molecule has 1 atom stereocenters. The van der Waals surface area contributed by atoms with Gasteiger partial charge in [0.25, 0.3) is 5.69 Å². The second kappa shape index (κ2) is 6.30. The fraction of sp³-hybridized carbons (Fsp3) is 0.267. The Morgan fingerprint density at radius 3 is 2.71 bits per heavy atom. The smallest absolute Gasteiger partial charge is 0.292 e. The molecular formula is C15H16FN3O2. The molecule has 1 aromatic carbocycles. The summed E-state index contributed by atoms with van der Waals surface area (Å²) in [6.07, 6.45) is 1.81. The number of hydrogen-bond donors (Lipinski definition) is 1. The van der Waals surface area contributed by atoms with Crippen LogP contribution in [-0.4, -0.2) is 9.91 Å². The topological polar surface area (TPSA) is 68.1 Å². The first-order valence-corrected chi connectivity index (χ1v) is 6.64. The van der Waals surface area contributed by atoms with Gasteiger partial charge < -0.3 is 5.32 Å². The van der Waals surface area contributed by atoms with Crippen LogP contribution in [0.3, 0.4) is 0 Å². The quantitative estimate of drug-likeness (QED) is 0.667. The number of hydrogen-bond acceptors (Lipinski definition) is 4. The van der Waals surface area contributed by atoms with Crippen molar-refractivity contribution in [2.24, 2.45) is 0 Å². The molecule has 0 radical (unpaired) electrons. The maximum Gasteiger partial charge on any atom is 0.292 e. The van der Waals surface area contributed by atoms with Gasteiger partial charge in [0, 0.05) is 6.07 Å². The fourth-order valence-electron chi connectivity index (χ4n) is 2.09. The van der Waals surface area contributed by atoms with Crippen LogP contribution in [0.5, 0.6) is 0 Å². The number of nitrogens with zero attached hydrogens (tertiary/aromatic N) is 2. The van der Waals surface area contributed by atoms with E-state index in [9.17, 15) is 14.5 Å². The van der Waals surface area contributed by atoms with Gasteiger partial charge in [-0.2, -0.15) is 0 Å². The second-order valence-electron chi connectivity index (χ2n) is 4.78. The summed E-state index contributed by atoms with van der Waals surface area (Å²) in [6.45, 7) is 3.80. The Bertz CT molecular complexity index is 644. The molecule has 21 heavy (non-hydrogen) atoms. The normalized spacial score (nSPS) is 12.0. The van der Waals surface area contributed by atoms with Crippen molar-refractivity contribution < 1.29 is 9.31 Å². The Balaban J connectivity index is 2.32. The van der Waals surface area contributed by atoms with Gasteiger partial charge in [0.2, 0.25) is 0 Å². The molecule has 0 amide bonds. The van der Waals surface area contributed by atoms with Gasteiger partial charge in [-0.05, 0) is 37.1 Å². The highest BCUT2D eigenvalue weighted by molar-refractivity contribution is 5.63. The molecule has 0 bridgehead atoms. The zero-order valence-electron chi connectivity index (χ0n) is 11.8. The number of nitro groups is 1. The first-order valence-electron chi connectivity index (χ1n) is 6.64. The Kier molecular flexibility index (Phi) is 4.47. The van der Waals surface area contributed by atoms with E-state index in [1.807, 2.05) is 13.8 Å². The summed E-state index contributed by atoms with van der Waals surface area (Å²) in [5.74, 6) is -0.407. The van der Waals surface area contributed by atoms with Crippen molar-refractivity contribution in [1.29, 1.82) is 0 Å². The van der Waals surface area contributed by atoms with Crippen LogP contribution < -0.4 is 5.32 Å². The molecule has 1 heterocycles. The Morgan fingerprint density at radius 2 is 2.14 bits per heavy atom. The van der Waals surface area contributed by atoms with Gasteiger partial charge in [-0.3, -0.25) is 15.1 Å². The summed E-state index contributed by atoms with van der Waals surface area (Å²) < 4.78 is 12.9. The van der Waals surface area contributed by atoms with Crippen LogP contribution in [0.4, 0.5) is 15.8 Å².